The van der Waals surface area contributed by atoms with Crippen molar-refractivity contribution in [3.63, 3.8) is 0 Å². The quantitative estimate of drug-likeness (QED) is 0.879. The molecule has 0 spiro atoms. The summed E-state index contributed by atoms with van der Waals surface area (Å²) in [5.74, 6) is 5.32. The Labute approximate surface area is 119 Å². The van der Waals surface area contributed by atoms with Crippen LogP contribution in [-0.2, 0) is 6.61 Å². The van der Waals surface area contributed by atoms with Crippen molar-refractivity contribution in [2.75, 3.05) is 6.61 Å². The summed E-state index contributed by atoms with van der Waals surface area (Å²) >= 11 is 7.06. The Morgan fingerprint density at radius 1 is 1.32 bits per heavy atom. The minimum atomic E-state index is -0.500. The van der Waals surface area contributed by atoms with Crippen LogP contribution in [0.1, 0.15) is 9.75 Å². The lowest BCUT2D eigenvalue weighted by molar-refractivity contribution is 0.308. The molecule has 5 heteroatoms. The molecule has 0 atom stereocenters. The van der Waals surface area contributed by atoms with E-state index in [1.54, 1.807) is 6.07 Å². The summed E-state index contributed by atoms with van der Waals surface area (Å²) in [6, 6.07) is 8.07. The van der Waals surface area contributed by atoms with Gasteiger partial charge in [0.05, 0.1) is 9.90 Å². The fourth-order valence-electron chi connectivity index (χ4n) is 1.37. The monoisotopic (exact) mass is 296 g/mol. The number of aliphatic hydroxyl groups excluding tert-OH is 1. The Morgan fingerprint density at radius 3 is 2.89 bits per heavy atom. The Balaban J connectivity index is 1.98. The summed E-state index contributed by atoms with van der Waals surface area (Å²) in [7, 11) is 0. The highest BCUT2D eigenvalue weighted by Gasteiger charge is 2.03. The lowest BCUT2D eigenvalue weighted by Crippen LogP contribution is -1.93. The largest absolute Gasteiger partial charge is 0.488 e. The molecule has 2 nitrogen and oxygen atoms in total. The van der Waals surface area contributed by atoms with Gasteiger partial charge in [-0.2, -0.15) is 0 Å². The van der Waals surface area contributed by atoms with Crippen molar-refractivity contribution >= 4 is 22.9 Å². The third kappa shape index (κ3) is 3.97. The zero-order chi connectivity index (χ0) is 13.7. The van der Waals surface area contributed by atoms with Gasteiger partial charge in [0.2, 0.25) is 0 Å². The molecule has 1 heterocycles. The number of rotatable bonds is 3. The van der Waals surface area contributed by atoms with Crippen molar-refractivity contribution in [3.8, 4) is 17.6 Å². The van der Waals surface area contributed by atoms with Crippen LogP contribution < -0.4 is 4.74 Å². The molecule has 1 aromatic heterocycles. The van der Waals surface area contributed by atoms with Crippen LogP contribution in [-0.4, -0.2) is 11.7 Å². The minimum absolute atomic E-state index is 0.0741. The van der Waals surface area contributed by atoms with Crippen molar-refractivity contribution in [3.05, 3.63) is 50.9 Å². The molecule has 98 valence electrons. The second-order valence-corrected chi connectivity index (χ2v) is 5.17. The van der Waals surface area contributed by atoms with Crippen molar-refractivity contribution in [2.45, 2.75) is 6.61 Å². The van der Waals surface area contributed by atoms with E-state index < -0.39 is 5.82 Å². The van der Waals surface area contributed by atoms with Crippen molar-refractivity contribution in [1.82, 2.24) is 0 Å². The number of halogens is 2. The molecule has 0 aliphatic carbocycles. The van der Waals surface area contributed by atoms with E-state index in [4.69, 9.17) is 21.4 Å². The van der Waals surface area contributed by atoms with Crippen molar-refractivity contribution in [2.24, 2.45) is 0 Å². The summed E-state index contributed by atoms with van der Waals surface area (Å²) in [6.07, 6.45) is 0. The zero-order valence-corrected chi connectivity index (χ0v) is 11.4. The molecule has 1 N–H and O–H groups in total. The lowest BCUT2D eigenvalue weighted by atomic mass is 10.3. The van der Waals surface area contributed by atoms with Crippen LogP contribution in [0, 0.1) is 17.7 Å². The summed E-state index contributed by atoms with van der Waals surface area (Å²) < 4.78 is 18.7. The van der Waals surface area contributed by atoms with E-state index in [0.29, 0.717) is 12.4 Å². The van der Waals surface area contributed by atoms with E-state index in [2.05, 4.69) is 11.8 Å². The molecule has 2 aromatic rings. The summed E-state index contributed by atoms with van der Waals surface area (Å²) in [5, 5.41) is 8.67. The smallest absolute Gasteiger partial charge is 0.145 e. The van der Waals surface area contributed by atoms with E-state index in [9.17, 15) is 4.39 Å². The minimum Gasteiger partial charge on any atom is -0.488 e. The zero-order valence-electron chi connectivity index (χ0n) is 9.82. The molecular weight excluding hydrogens is 287 g/mol. The molecular formula is C14H10ClFO2S. The second-order valence-electron chi connectivity index (χ2n) is 3.59. The first-order chi connectivity index (χ1) is 9.19. The highest BCUT2D eigenvalue weighted by molar-refractivity contribution is 7.12. The van der Waals surface area contributed by atoms with Gasteiger partial charge in [0.15, 0.2) is 0 Å². The molecule has 0 aliphatic heterocycles. The second kappa shape index (κ2) is 6.58. The molecule has 1 aromatic carbocycles. The third-order valence-electron chi connectivity index (χ3n) is 2.22. The van der Waals surface area contributed by atoms with Crippen LogP contribution in [0.15, 0.2) is 30.3 Å². The molecule has 0 bridgehead atoms. The Bertz CT molecular complexity index is 628. The van der Waals surface area contributed by atoms with E-state index in [1.165, 1.54) is 23.5 Å². The summed E-state index contributed by atoms with van der Waals surface area (Å²) in [5.41, 5.74) is 0. The van der Waals surface area contributed by atoms with Gasteiger partial charge in [-0.3, -0.25) is 0 Å². The van der Waals surface area contributed by atoms with Gasteiger partial charge in [0, 0.05) is 10.9 Å². The van der Waals surface area contributed by atoms with Gasteiger partial charge in [-0.25, -0.2) is 4.39 Å². The summed E-state index contributed by atoms with van der Waals surface area (Å²) in [6.45, 7) is 0.181. The molecule has 0 saturated heterocycles. The SMILES string of the molecule is OCC#Cc1ccc(COc2ccc(Cl)c(F)c2)s1. The van der Waals surface area contributed by atoms with Crippen LogP contribution in [0.3, 0.4) is 0 Å². The number of benzene rings is 1. The van der Waals surface area contributed by atoms with Crippen LogP contribution in [0.25, 0.3) is 0 Å². The van der Waals surface area contributed by atoms with Crippen molar-refractivity contribution in [1.29, 1.82) is 0 Å². The average Bonchev–Trinajstić information content (AvgIpc) is 2.86. The van der Waals surface area contributed by atoms with Gasteiger partial charge in [-0.15, -0.1) is 11.3 Å². The third-order valence-corrected chi connectivity index (χ3v) is 3.51. The molecule has 0 amide bonds. The standard InChI is InChI=1S/C14H10ClFO2S/c15-13-6-3-10(8-14(13)16)18-9-12-5-4-11(19-12)2-1-7-17/h3-6,8,17H,7,9H2. The number of thiophene rings is 1. The van der Waals surface area contributed by atoms with Crippen molar-refractivity contribution < 1.29 is 14.2 Å². The van der Waals surface area contributed by atoms with Gasteiger partial charge in [0.1, 0.15) is 24.8 Å². The molecule has 0 radical (unpaired) electrons. The first-order valence-electron chi connectivity index (χ1n) is 5.45. The van der Waals surface area contributed by atoms with Crippen LogP contribution in [0.5, 0.6) is 5.75 Å². The predicted octanol–water partition coefficient (Wildman–Crippen LogP) is 3.46. The normalized spacial score (nSPS) is 9.84. The van der Waals surface area contributed by atoms with E-state index in [1.807, 2.05) is 12.1 Å². The number of aliphatic hydroxyl groups is 1. The summed E-state index contributed by atoms with van der Waals surface area (Å²) in [4.78, 5) is 1.83. The fraction of sp³-hybridized carbons (Fsp3) is 0.143. The maximum absolute atomic E-state index is 13.2. The highest BCUT2D eigenvalue weighted by atomic mass is 35.5. The average molecular weight is 297 g/mol. The van der Waals surface area contributed by atoms with Gasteiger partial charge in [0.25, 0.3) is 0 Å². The first kappa shape index (κ1) is 13.9. The van der Waals surface area contributed by atoms with Crippen LogP contribution >= 0.6 is 22.9 Å². The van der Waals surface area contributed by atoms with E-state index in [0.717, 1.165) is 9.75 Å². The van der Waals surface area contributed by atoms with E-state index in [-0.39, 0.29) is 11.6 Å². The molecule has 0 fully saturated rings. The van der Waals surface area contributed by atoms with Crippen LogP contribution in [0.4, 0.5) is 4.39 Å². The van der Waals surface area contributed by atoms with Crippen LogP contribution in [0.2, 0.25) is 5.02 Å². The fourth-order valence-corrected chi connectivity index (χ4v) is 2.28. The van der Waals surface area contributed by atoms with Gasteiger partial charge in [-0.1, -0.05) is 23.4 Å². The van der Waals surface area contributed by atoms with Gasteiger partial charge < -0.3 is 9.84 Å². The number of hydrogen-bond donors (Lipinski definition) is 1. The molecule has 2 rings (SSSR count). The molecule has 0 aliphatic rings. The molecule has 0 unspecified atom stereocenters. The Hall–Kier alpha value is -1.54. The highest BCUT2D eigenvalue weighted by Crippen LogP contribution is 2.22. The van der Waals surface area contributed by atoms with Gasteiger partial charge in [-0.05, 0) is 24.3 Å². The lowest BCUT2D eigenvalue weighted by Gasteiger charge is -2.04. The molecule has 19 heavy (non-hydrogen) atoms. The van der Waals surface area contributed by atoms with Gasteiger partial charge >= 0.3 is 0 Å². The number of ether oxygens (including phenoxy) is 1. The first-order valence-corrected chi connectivity index (χ1v) is 6.65. The Kier molecular flexibility index (Phi) is 4.80. The Morgan fingerprint density at radius 2 is 2.16 bits per heavy atom. The predicted molar refractivity (Wildman–Crippen MR) is 74.0 cm³/mol. The molecule has 0 saturated carbocycles. The topological polar surface area (TPSA) is 29.5 Å². The maximum Gasteiger partial charge on any atom is 0.145 e. The maximum atomic E-state index is 13.2. The van der Waals surface area contributed by atoms with E-state index >= 15 is 0 Å². The number of hydrogen-bond acceptors (Lipinski definition) is 3.